The molecule has 5 aliphatic rings. The molecule has 2 amide bonds. The number of carbonyl (C=O) groups is 2. The molecule has 0 radical (unpaired) electrons. The topological polar surface area (TPSA) is 67.9 Å². The van der Waals surface area contributed by atoms with Gasteiger partial charge in [0.25, 0.3) is 5.91 Å². The third kappa shape index (κ3) is 2.42. The number of benzene rings is 1. The maximum atomic E-state index is 13.0. The van der Waals surface area contributed by atoms with E-state index in [1.807, 2.05) is 23.1 Å². The molecule has 3 saturated carbocycles. The van der Waals surface area contributed by atoms with Crippen molar-refractivity contribution in [3.8, 4) is 5.75 Å². The summed E-state index contributed by atoms with van der Waals surface area (Å²) in [4.78, 5) is 27.6. The Morgan fingerprint density at radius 1 is 1.19 bits per heavy atom. The van der Waals surface area contributed by atoms with Crippen molar-refractivity contribution in [1.29, 1.82) is 0 Å². The summed E-state index contributed by atoms with van der Waals surface area (Å²) in [5.41, 5.74) is -0.0450. The van der Waals surface area contributed by atoms with Gasteiger partial charge in [0, 0.05) is 31.3 Å². The number of ether oxygens (including phenoxy) is 2. The van der Waals surface area contributed by atoms with Crippen LogP contribution in [-0.4, -0.2) is 48.7 Å². The third-order valence-electron chi connectivity index (χ3n) is 6.61. The molecule has 1 saturated heterocycles. The van der Waals surface area contributed by atoms with Crippen molar-refractivity contribution in [3.63, 3.8) is 0 Å². The highest BCUT2D eigenvalue weighted by molar-refractivity contribution is 5.98. The lowest BCUT2D eigenvalue weighted by Crippen LogP contribution is -2.67. The molecule has 1 aromatic rings. The fourth-order valence-corrected chi connectivity index (χ4v) is 5.28. The van der Waals surface area contributed by atoms with Crippen molar-refractivity contribution in [2.45, 2.75) is 31.4 Å². The van der Waals surface area contributed by atoms with Crippen LogP contribution in [0.4, 0.5) is 0 Å². The van der Waals surface area contributed by atoms with Crippen LogP contribution >= 0.6 is 0 Å². The number of fused-ring (bicyclic) bond motifs is 3. The first-order valence-corrected chi connectivity index (χ1v) is 9.63. The molecule has 6 rings (SSSR count). The highest BCUT2D eigenvalue weighted by Crippen LogP contribution is 2.52. The van der Waals surface area contributed by atoms with E-state index in [2.05, 4.69) is 5.32 Å². The second-order valence-electron chi connectivity index (χ2n) is 7.96. The molecule has 2 heterocycles. The Balaban J connectivity index is 1.38. The predicted octanol–water partition coefficient (Wildman–Crippen LogP) is 1.80. The van der Waals surface area contributed by atoms with E-state index in [9.17, 15) is 9.59 Å². The number of hydrogen-bond acceptors (Lipinski definition) is 4. The third-order valence-corrected chi connectivity index (χ3v) is 6.61. The van der Waals surface area contributed by atoms with Crippen molar-refractivity contribution in [1.82, 2.24) is 10.2 Å². The summed E-state index contributed by atoms with van der Waals surface area (Å²) >= 11 is 0. The molecule has 0 aromatic heterocycles. The van der Waals surface area contributed by atoms with Gasteiger partial charge in [-0.25, -0.2) is 0 Å². The highest BCUT2D eigenvalue weighted by atomic mass is 16.5. The van der Waals surface area contributed by atoms with Crippen LogP contribution < -0.4 is 10.1 Å². The minimum absolute atomic E-state index is 0.0511. The Morgan fingerprint density at radius 2 is 2.00 bits per heavy atom. The summed E-state index contributed by atoms with van der Waals surface area (Å²) in [5.74, 6) is 1.37. The Bertz CT molecular complexity index is 745. The number of nitrogens with zero attached hydrogens (tertiary/aromatic N) is 1. The van der Waals surface area contributed by atoms with E-state index in [4.69, 9.17) is 9.47 Å². The van der Waals surface area contributed by atoms with Crippen LogP contribution in [0.25, 0.3) is 0 Å². The van der Waals surface area contributed by atoms with Crippen LogP contribution in [-0.2, 0) is 9.53 Å². The number of rotatable bonds is 1. The molecule has 6 heteroatoms. The van der Waals surface area contributed by atoms with Crippen molar-refractivity contribution < 1.29 is 19.1 Å². The first-order valence-electron chi connectivity index (χ1n) is 9.63. The number of amides is 2. The van der Waals surface area contributed by atoms with Gasteiger partial charge in [-0.05, 0) is 37.3 Å². The lowest BCUT2D eigenvalue weighted by molar-refractivity contribution is -0.158. The molecule has 4 atom stereocenters. The Morgan fingerprint density at radius 3 is 2.77 bits per heavy atom. The van der Waals surface area contributed by atoms with Gasteiger partial charge in [-0.1, -0.05) is 12.1 Å². The van der Waals surface area contributed by atoms with Crippen LogP contribution in [0.1, 0.15) is 36.0 Å². The van der Waals surface area contributed by atoms with Gasteiger partial charge in [-0.2, -0.15) is 0 Å². The van der Waals surface area contributed by atoms with Gasteiger partial charge in [-0.15, -0.1) is 0 Å². The SMILES string of the molecule is O=C1N[C@@]2(C[C@H]3CC[C@H]2C[C@H]3C(=O)N2CCOCC2)Oc2ccccc21. The molecule has 1 aromatic carbocycles. The first kappa shape index (κ1) is 16.1. The van der Waals surface area contributed by atoms with Crippen LogP contribution in [0, 0.1) is 17.8 Å². The molecular formula is C20H24N2O4. The molecule has 2 bridgehead atoms. The zero-order chi connectivity index (χ0) is 17.7. The quantitative estimate of drug-likeness (QED) is 0.833. The molecule has 4 fully saturated rings. The van der Waals surface area contributed by atoms with Gasteiger partial charge in [0.2, 0.25) is 5.91 Å². The van der Waals surface area contributed by atoms with Crippen LogP contribution in [0.3, 0.4) is 0 Å². The summed E-state index contributed by atoms with van der Waals surface area (Å²) in [7, 11) is 0. The summed E-state index contributed by atoms with van der Waals surface area (Å²) in [6, 6.07) is 7.42. The number of nitrogens with one attached hydrogen (secondary N) is 1. The monoisotopic (exact) mass is 356 g/mol. The second kappa shape index (κ2) is 5.98. The van der Waals surface area contributed by atoms with E-state index in [0.29, 0.717) is 37.6 Å². The predicted molar refractivity (Wildman–Crippen MR) is 93.6 cm³/mol. The van der Waals surface area contributed by atoms with E-state index in [1.54, 1.807) is 6.07 Å². The van der Waals surface area contributed by atoms with Crippen molar-refractivity contribution in [2.24, 2.45) is 17.8 Å². The molecule has 6 nitrogen and oxygen atoms in total. The summed E-state index contributed by atoms with van der Waals surface area (Å²) < 4.78 is 11.7. The van der Waals surface area contributed by atoms with Gasteiger partial charge in [0.15, 0.2) is 5.72 Å². The maximum Gasteiger partial charge on any atom is 0.258 e. The molecular weight excluding hydrogens is 332 g/mol. The molecule has 26 heavy (non-hydrogen) atoms. The first-order chi connectivity index (χ1) is 12.7. The zero-order valence-corrected chi connectivity index (χ0v) is 14.8. The van der Waals surface area contributed by atoms with Gasteiger partial charge >= 0.3 is 0 Å². The van der Waals surface area contributed by atoms with Gasteiger partial charge in [0.05, 0.1) is 18.8 Å². The highest BCUT2D eigenvalue weighted by Gasteiger charge is 2.57. The fourth-order valence-electron chi connectivity index (χ4n) is 5.28. The van der Waals surface area contributed by atoms with Crippen molar-refractivity contribution in [3.05, 3.63) is 29.8 Å². The van der Waals surface area contributed by atoms with E-state index < -0.39 is 5.72 Å². The molecule has 1 N–H and O–H groups in total. The zero-order valence-electron chi connectivity index (χ0n) is 14.8. The van der Waals surface area contributed by atoms with Crippen molar-refractivity contribution in [2.75, 3.05) is 26.3 Å². The van der Waals surface area contributed by atoms with E-state index >= 15 is 0 Å². The largest absolute Gasteiger partial charge is 0.467 e. The molecule has 3 aliphatic carbocycles. The summed E-state index contributed by atoms with van der Waals surface area (Å²) in [6.45, 7) is 2.65. The molecule has 2 aliphatic heterocycles. The minimum Gasteiger partial charge on any atom is -0.467 e. The lowest BCUT2D eigenvalue weighted by atomic mass is 9.59. The average molecular weight is 356 g/mol. The normalized spacial score (nSPS) is 35.6. The number of hydrogen-bond donors (Lipinski definition) is 1. The van der Waals surface area contributed by atoms with E-state index in [0.717, 1.165) is 25.7 Å². The summed E-state index contributed by atoms with van der Waals surface area (Å²) in [5, 5.41) is 3.15. The Hall–Kier alpha value is -2.08. The fraction of sp³-hybridized carbons (Fsp3) is 0.600. The van der Waals surface area contributed by atoms with Crippen LogP contribution in [0.15, 0.2) is 24.3 Å². The molecule has 0 unspecified atom stereocenters. The second-order valence-corrected chi connectivity index (χ2v) is 7.96. The van der Waals surface area contributed by atoms with Gasteiger partial charge in [0.1, 0.15) is 5.75 Å². The van der Waals surface area contributed by atoms with Crippen LogP contribution in [0.5, 0.6) is 5.75 Å². The van der Waals surface area contributed by atoms with Crippen molar-refractivity contribution >= 4 is 11.8 Å². The minimum atomic E-state index is -0.643. The Kier molecular flexibility index (Phi) is 3.71. The Labute approximate surface area is 152 Å². The number of morpholine rings is 1. The van der Waals surface area contributed by atoms with E-state index in [-0.39, 0.29) is 29.6 Å². The molecule has 1 spiro atoms. The average Bonchev–Trinajstić information content (AvgIpc) is 2.68. The molecule has 138 valence electrons. The van der Waals surface area contributed by atoms with Crippen LogP contribution in [0.2, 0.25) is 0 Å². The summed E-state index contributed by atoms with van der Waals surface area (Å²) in [6.07, 6.45) is 3.55. The standard InChI is InChI=1S/C20H24N2O4/c23-18-15-3-1-2-4-17(15)26-20(21-18)12-13-5-6-14(20)11-16(13)19(24)22-7-9-25-10-8-22/h1-4,13-14,16H,5-12H2,(H,21,23)/t13-,14+,16-,20+/m1/s1. The number of carbonyl (C=O) groups excluding carboxylic acids is 2. The van der Waals surface area contributed by atoms with E-state index in [1.165, 1.54) is 0 Å². The smallest absolute Gasteiger partial charge is 0.258 e. The van der Waals surface area contributed by atoms with Gasteiger partial charge < -0.3 is 19.7 Å². The van der Waals surface area contributed by atoms with Gasteiger partial charge in [-0.3, -0.25) is 9.59 Å². The lowest BCUT2D eigenvalue weighted by Gasteiger charge is -2.55. The maximum absolute atomic E-state index is 13.0. The number of para-hydroxylation sites is 1.